The molecule has 1 amide bonds. The molecule has 1 N–H and O–H groups in total. The van der Waals surface area contributed by atoms with Crippen molar-refractivity contribution in [2.75, 3.05) is 19.0 Å². The highest BCUT2D eigenvalue weighted by Gasteiger charge is 2.20. The number of esters is 1. The molecule has 6 nitrogen and oxygen atoms in total. The van der Waals surface area contributed by atoms with Gasteiger partial charge in [-0.2, -0.15) is 0 Å². The van der Waals surface area contributed by atoms with Crippen molar-refractivity contribution < 1.29 is 19.1 Å². The predicted octanol–water partition coefficient (Wildman–Crippen LogP) is 5.24. The number of thioether (sulfide) groups is 1. The van der Waals surface area contributed by atoms with Crippen LogP contribution in [0.4, 0.5) is 5.69 Å². The molecule has 7 heteroatoms. The van der Waals surface area contributed by atoms with E-state index >= 15 is 0 Å². The van der Waals surface area contributed by atoms with Crippen molar-refractivity contribution in [2.24, 2.45) is 0 Å². The van der Waals surface area contributed by atoms with E-state index in [4.69, 9.17) is 14.5 Å². The fraction of sp³-hybridized carbons (Fsp3) is 0.292. The minimum Gasteiger partial charge on any atom is -0.494 e. The van der Waals surface area contributed by atoms with Crippen LogP contribution in [0.1, 0.15) is 36.2 Å². The number of nitrogens with one attached hydrogen (secondary N) is 1. The summed E-state index contributed by atoms with van der Waals surface area (Å²) in [6.45, 7) is 6.08. The first-order valence-corrected chi connectivity index (χ1v) is 11.0. The van der Waals surface area contributed by atoms with E-state index in [2.05, 4.69) is 5.32 Å². The van der Waals surface area contributed by atoms with Gasteiger partial charge in [0, 0.05) is 11.1 Å². The molecule has 0 spiro atoms. The smallest absolute Gasteiger partial charge is 0.338 e. The second-order valence-electron chi connectivity index (χ2n) is 6.94. The highest BCUT2D eigenvalue weighted by molar-refractivity contribution is 8.00. The molecule has 0 aliphatic heterocycles. The number of pyridine rings is 1. The number of amides is 1. The summed E-state index contributed by atoms with van der Waals surface area (Å²) >= 11 is 1.43. The zero-order valence-corrected chi connectivity index (χ0v) is 18.9. The second-order valence-corrected chi connectivity index (χ2v) is 8.16. The van der Waals surface area contributed by atoms with E-state index in [1.54, 1.807) is 38.3 Å². The lowest BCUT2D eigenvalue weighted by Crippen LogP contribution is -2.24. The Kier molecular flexibility index (Phi) is 7.52. The molecule has 0 bridgehead atoms. The van der Waals surface area contributed by atoms with Gasteiger partial charge in [0.05, 0.1) is 29.6 Å². The van der Waals surface area contributed by atoms with E-state index < -0.39 is 0 Å². The summed E-state index contributed by atoms with van der Waals surface area (Å²) in [6.07, 6.45) is 0.641. The molecule has 1 atom stereocenters. The number of nitrogens with zero attached hydrogens (tertiary/aromatic N) is 1. The van der Waals surface area contributed by atoms with Crippen LogP contribution in [-0.2, 0) is 9.53 Å². The fourth-order valence-corrected chi connectivity index (χ4v) is 4.19. The normalized spacial score (nSPS) is 11.7. The standard InChI is InChI=1S/C24H26N2O4S/c1-5-20(23(27)25-17-12-10-16(11-13-17)24(28)30-6-2)31-21-14-15(3)18-8-7-9-19(29-4)22(18)26-21/h7-14,20H,5-6H2,1-4H3,(H,25,27). The van der Waals surface area contributed by atoms with Crippen LogP contribution >= 0.6 is 11.8 Å². The molecule has 3 aromatic rings. The number of hydrogen-bond donors (Lipinski definition) is 1. The van der Waals surface area contributed by atoms with Gasteiger partial charge in [-0.05, 0) is 62.2 Å². The van der Waals surface area contributed by atoms with Crippen molar-refractivity contribution in [1.29, 1.82) is 0 Å². The Hall–Kier alpha value is -3.06. The summed E-state index contributed by atoms with van der Waals surface area (Å²) in [4.78, 5) is 29.4. The Morgan fingerprint density at radius 3 is 2.52 bits per heavy atom. The SMILES string of the molecule is CCOC(=O)c1ccc(NC(=O)C(CC)Sc2cc(C)c3cccc(OC)c3n2)cc1. The van der Waals surface area contributed by atoms with Crippen molar-refractivity contribution in [3.63, 3.8) is 0 Å². The Morgan fingerprint density at radius 1 is 1.13 bits per heavy atom. The molecule has 1 unspecified atom stereocenters. The lowest BCUT2D eigenvalue weighted by atomic mass is 10.1. The van der Waals surface area contributed by atoms with Gasteiger partial charge in [-0.15, -0.1) is 0 Å². The van der Waals surface area contributed by atoms with E-state index in [-0.39, 0.29) is 17.1 Å². The lowest BCUT2D eigenvalue weighted by Gasteiger charge is -2.16. The molecule has 1 heterocycles. The van der Waals surface area contributed by atoms with Gasteiger partial charge in [0.25, 0.3) is 0 Å². The quantitative estimate of drug-likeness (QED) is 0.383. The monoisotopic (exact) mass is 438 g/mol. The maximum atomic E-state index is 12.9. The number of fused-ring (bicyclic) bond motifs is 1. The molecule has 0 saturated heterocycles. The zero-order valence-electron chi connectivity index (χ0n) is 18.1. The molecular formula is C24H26N2O4S. The number of carbonyl (C=O) groups excluding carboxylic acids is 2. The Balaban J connectivity index is 1.75. The Morgan fingerprint density at radius 2 is 1.87 bits per heavy atom. The number of carbonyl (C=O) groups is 2. The minimum absolute atomic E-state index is 0.115. The molecule has 1 aromatic heterocycles. The lowest BCUT2D eigenvalue weighted by molar-refractivity contribution is -0.115. The van der Waals surface area contributed by atoms with Gasteiger partial charge in [-0.1, -0.05) is 30.8 Å². The van der Waals surface area contributed by atoms with Gasteiger partial charge in [0.15, 0.2) is 0 Å². The maximum Gasteiger partial charge on any atom is 0.338 e. The highest BCUT2D eigenvalue weighted by atomic mass is 32.2. The summed E-state index contributed by atoms with van der Waals surface area (Å²) in [5, 5.41) is 4.41. The summed E-state index contributed by atoms with van der Waals surface area (Å²) < 4.78 is 10.4. The van der Waals surface area contributed by atoms with Gasteiger partial charge in [0.1, 0.15) is 11.3 Å². The van der Waals surface area contributed by atoms with Crippen LogP contribution in [0.3, 0.4) is 0 Å². The van der Waals surface area contributed by atoms with Gasteiger partial charge in [0.2, 0.25) is 5.91 Å². The third-order valence-corrected chi connectivity index (χ3v) is 6.08. The Labute approximate surface area is 186 Å². The second kappa shape index (κ2) is 10.3. The highest BCUT2D eigenvalue weighted by Crippen LogP contribution is 2.32. The molecule has 162 valence electrons. The first kappa shape index (κ1) is 22.6. The third-order valence-electron chi connectivity index (χ3n) is 4.80. The zero-order chi connectivity index (χ0) is 22.4. The molecule has 0 aliphatic rings. The largest absolute Gasteiger partial charge is 0.494 e. The van der Waals surface area contributed by atoms with Gasteiger partial charge in [-0.3, -0.25) is 4.79 Å². The number of aromatic nitrogens is 1. The van der Waals surface area contributed by atoms with Crippen molar-refractivity contribution in [3.8, 4) is 5.75 Å². The molecule has 0 radical (unpaired) electrons. The first-order valence-electron chi connectivity index (χ1n) is 10.2. The summed E-state index contributed by atoms with van der Waals surface area (Å²) in [5.74, 6) is 0.216. The minimum atomic E-state index is -0.379. The van der Waals surface area contributed by atoms with Gasteiger partial charge in [-0.25, -0.2) is 9.78 Å². The van der Waals surface area contributed by atoms with Crippen LogP contribution < -0.4 is 10.1 Å². The van der Waals surface area contributed by atoms with E-state index in [0.717, 1.165) is 21.5 Å². The average Bonchev–Trinajstić information content (AvgIpc) is 2.77. The Bertz CT molecular complexity index is 1080. The summed E-state index contributed by atoms with van der Waals surface area (Å²) in [5.41, 5.74) is 2.95. The molecule has 0 aliphatic carbocycles. The van der Waals surface area contributed by atoms with Crippen LogP contribution in [-0.4, -0.2) is 35.8 Å². The van der Waals surface area contributed by atoms with Crippen molar-refractivity contribution in [1.82, 2.24) is 4.98 Å². The number of ether oxygens (including phenoxy) is 2. The average molecular weight is 439 g/mol. The van der Waals surface area contributed by atoms with E-state index in [1.807, 2.05) is 38.1 Å². The van der Waals surface area contributed by atoms with E-state index in [0.29, 0.717) is 30.0 Å². The van der Waals surface area contributed by atoms with Crippen LogP contribution in [0.25, 0.3) is 10.9 Å². The molecule has 0 saturated carbocycles. The van der Waals surface area contributed by atoms with Crippen LogP contribution in [0.15, 0.2) is 53.6 Å². The maximum absolute atomic E-state index is 12.9. The first-order chi connectivity index (χ1) is 15.0. The van der Waals surface area contributed by atoms with Crippen molar-refractivity contribution in [3.05, 3.63) is 59.7 Å². The number of anilines is 1. The fourth-order valence-electron chi connectivity index (χ4n) is 3.18. The van der Waals surface area contributed by atoms with Crippen LogP contribution in [0.2, 0.25) is 0 Å². The van der Waals surface area contributed by atoms with Gasteiger partial charge >= 0.3 is 5.97 Å². The summed E-state index contributed by atoms with van der Waals surface area (Å²) in [6, 6.07) is 14.5. The number of aryl methyl sites for hydroxylation is 1. The number of rotatable bonds is 8. The molecule has 0 fully saturated rings. The molecule has 2 aromatic carbocycles. The van der Waals surface area contributed by atoms with Crippen molar-refractivity contribution in [2.45, 2.75) is 37.5 Å². The number of hydrogen-bond acceptors (Lipinski definition) is 6. The van der Waals surface area contributed by atoms with Crippen molar-refractivity contribution >= 4 is 40.2 Å². The number of para-hydroxylation sites is 1. The van der Waals surface area contributed by atoms with Crippen LogP contribution in [0.5, 0.6) is 5.75 Å². The molecular weight excluding hydrogens is 412 g/mol. The summed E-state index contributed by atoms with van der Waals surface area (Å²) in [7, 11) is 1.63. The van der Waals surface area contributed by atoms with E-state index in [1.165, 1.54) is 11.8 Å². The number of methoxy groups -OCH3 is 1. The topological polar surface area (TPSA) is 77.5 Å². The predicted molar refractivity (Wildman–Crippen MR) is 124 cm³/mol. The molecule has 31 heavy (non-hydrogen) atoms. The molecule has 3 rings (SSSR count). The van der Waals surface area contributed by atoms with Crippen LogP contribution in [0, 0.1) is 6.92 Å². The third kappa shape index (κ3) is 5.35. The number of benzene rings is 2. The van der Waals surface area contributed by atoms with Gasteiger partial charge < -0.3 is 14.8 Å². The van der Waals surface area contributed by atoms with E-state index in [9.17, 15) is 9.59 Å².